The number of ether oxygens (including phenoxy) is 1. The molecule has 2 atom stereocenters. The molecule has 3 aromatic rings. The van der Waals surface area contributed by atoms with Crippen molar-refractivity contribution in [2.75, 3.05) is 31.1 Å². The molecule has 3 heterocycles. The number of aromatic nitrogens is 2. The Hall–Kier alpha value is -4.07. The van der Waals surface area contributed by atoms with E-state index in [1.807, 2.05) is 35.6 Å². The summed E-state index contributed by atoms with van der Waals surface area (Å²) in [4.78, 5) is 30.2. The second-order valence-electron chi connectivity index (χ2n) is 11.1. The Labute approximate surface area is 235 Å². The highest BCUT2D eigenvalue weighted by molar-refractivity contribution is 5.92. The van der Waals surface area contributed by atoms with E-state index < -0.39 is 29.4 Å². The number of halogens is 3. The third kappa shape index (κ3) is 4.59. The van der Waals surface area contributed by atoms with Crippen LogP contribution in [0.2, 0.25) is 0 Å². The largest absolute Gasteiger partial charge is 0.491 e. The Morgan fingerprint density at radius 2 is 2.00 bits per heavy atom. The Morgan fingerprint density at radius 3 is 2.71 bits per heavy atom. The molecule has 1 aliphatic carbocycles. The number of fused-ring (bicyclic) bond motifs is 4. The van der Waals surface area contributed by atoms with Crippen molar-refractivity contribution in [2.24, 2.45) is 12.0 Å². The van der Waals surface area contributed by atoms with Crippen molar-refractivity contribution in [3.63, 3.8) is 0 Å². The van der Waals surface area contributed by atoms with E-state index in [2.05, 4.69) is 9.74 Å². The second kappa shape index (κ2) is 10.1. The molecule has 1 saturated heterocycles. The van der Waals surface area contributed by atoms with Gasteiger partial charge in [-0.15, -0.1) is 0 Å². The van der Waals surface area contributed by atoms with Crippen molar-refractivity contribution >= 4 is 22.5 Å². The predicted octanol–water partition coefficient (Wildman–Crippen LogP) is 4.87. The number of carbonyl (C=O) groups excluding carboxylic acids is 1. The van der Waals surface area contributed by atoms with E-state index in [4.69, 9.17) is 21.3 Å². The molecule has 0 unspecified atom stereocenters. The molecular weight excluding hydrogens is 533 g/mol. The Bertz CT molecular complexity index is 1660. The minimum atomic E-state index is -2.92. The van der Waals surface area contributed by atoms with Crippen LogP contribution in [0.1, 0.15) is 55.6 Å². The second-order valence-corrected chi connectivity index (χ2v) is 11.1. The first-order chi connectivity index (χ1) is 19.6. The molecule has 2 fully saturated rings. The van der Waals surface area contributed by atoms with E-state index in [1.54, 1.807) is 6.92 Å². The molecule has 2 aromatic carbocycles. The SMILES string of the molecule is [C-]#[N+]C1(C(=O)N2CCN3c4cc5c(=N[C@H](C)c6cccc(C(F)F)c6F)nc(C)n(C)c5cc4OCC[C@H]3C2)CC1. The summed E-state index contributed by atoms with van der Waals surface area (Å²) in [6, 6.07) is 7.17. The molecule has 8 nitrogen and oxygen atoms in total. The number of nitrogens with zero attached hydrogens (tertiary/aromatic N) is 6. The van der Waals surface area contributed by atoms with Gasteiger partial charge < -0.3 is 19.1 Å². The van der Waals surface area contributed by atoms with Gasteiger partial charge in [0.25, 0.3) is 6.43 Å². The fourth-order valence-electron chi connectivity index (χ4n) is 5.92. The molecule has 1 amide bonds. The van der Waals surface area contributed by atoms with Crippen LogP contribution in [0.25, 0.3) is 15.7 Å². The molecule has 11 heteroatoms. The van der Waals surface area contributed by atoms with E-state index >= 15 is 0 Å². The number of aryl methyl sites for hydroxylation is 2. The molecule has 41 heavy (non-hydrogen) atoms. The first-order valence-electron chi connectivity index (χ1n) is 13.8. The summed E-state index contributed by atoms with van der Waals surface area (Å²) in [7, 11) is 1.89. The highest BCUT2D eigenvalue weighted by atomic mass is 19.3. The van der Waals surface area contributed by atoms with Gasteiger partial charge in [0.15, 0.2) is 5.49 Å². The van der Waals surface area contributed by atoms with Crippen LogP contribution in [0.5, 0.6) is 5.75 Å². The third-order valence-electron chi connectivity index (χ3n) is 8.62. The lowest BCUT2D eigenvalue weighted by molar-refractivity contribution is -0.133. The molecule has 214 valence electrons. The lowest BCUT2D eigenvalue weighted by Gasteiger charge is -2.41. The molecular formula is C30H31F3N6O2. The van der Waals surface area contributed by atoms with E-state index in [0.29, 0.717) is 50.4 Å². The summed E-state index contributed by atoms with van der Waals surface area (Å²) in [5.74, 6) is 0.374. The molecule has 0 bridgehead atoms. The highest BCUT2D eigenvalue weighted by Crippen LogP contribution is 2.43. The van der Waals surface area contributed by atoms with Crippen LogP contribution >= 0.6 is 0 Å². The van der Waals surface area contributed by atoms with Gasteiger partial charge in [0, 0.05) is 63.0 Å². The summed E-state index contributed by atoms with van der Waals surface area (Å²) in [6.45, 7) is 13.1. The zero-order valence-electron chi connectivity index (χ0n) is 23.2. The van der Waals surface area contributed by atoms with Crippen molar-refractivity contribution in [3.05, 3.63) is 70.0 Å². The van der Waals surface area contributed by atoms with Gasteiger partial charge in [0.05, 0.1) is 35.5 Å². The number of piperazine rings is 1. The third-order valence-corrected chi connectivity index (χ3v) is 8.62. The van der Waals surface area contributed by atoms with E-state index in [-0.39, 0.29) is 17.5 Å². The number of rotatable bonds is 4. The van der Waals surface area contributed by atoms with Gasteiger partial charge in [-0.1, -0.05) is 18.2 Å². The number of amides is 1. The number of benzene rings is 2. The zero-order chi connectivity index (χ0) is 29.1. The topological polar surface area (TPSA) is 67.3 Å². The van der Waals surface area contributed by atoms with Crippen LogP contribution in [-0.4, -0.2) is 58.2 Å². The smallest absolute Gasteiger partial charge is 0.309 e. The minimum Gasteiger partial charge on any atom is -0.491 e. The molecule has 0 spiro atoms. The molecule has 1 saturated carbocycles. The maximum absolute atomic E-state index is 14.9. The minimum absolute atomic E-state index is 0.0191. The first-order valence-corrected chi connectivity index (χ1v) is 13.8. The van der Waals surface area contributed by atoms with Crippen molar-refractivity contribution in [3.8, 4) is 5.75 Å². The Morgan fingerprint density at radius 1 is 1.24 bits per heavy atom. The number of hydrogen-bond donors (Lipinski definition) is 0. The van der Waals surface area contributed by atoms with Gasteiger partial charge in [0.2, 0.25) is 0 Å². The maximum Gasteiger partial charge on any atom is 0.309 e. The quantitative estimate of drug-likeness (QED) is 0.424. The van der Waals surface area contributed by atoms with Gasteiger partial charge >= 0.3 is 11.4 Å². The molecule has 2 aliphatic heterocycles. The number of alkyl halides is 2. The van der Waals surface area contributed by atoms with Crippen molar-refractivity contribution < 1.29 is 22.7 Å². The summed E-state index contributed by atoms with van der Waals surface area (Å²) in [5.41, 5.74) is 0.638. The lowest BCUT2D eigenvalue weighted by Crippen LogP contribution is -2.56. The highest BCUT2D eigenvalue weighted by Gasteiger charge is 2.60. The van der Waals surface area contributed by atoms with Crippen LogP contribution in [0.15, 0.2) is 35.3 Å². The number of carbonyl (C=O) groups is 1. The van der Waals surface area contributed by atoms with Crippen LogP contribution in [-0.2, 0) is 11.8 Å². The van der Waals surface area contributed by atoms with Crippen LogP contribution in [0.3, 0.4) is 0 Å². The van der Waals surface area contributed by atoms with Crippen molar-refractivity contribution in [2.45, 2.75) is 57.2 Å². The van der Waals surface area contributed by atoms with Gasteiger partial charge in [-0.3, -0.25) is 14.6 Å². The van der Waals surface area contributed by atoms with E-state index in [1.165, 1.54) is 12.1 Å². The molecule has 1 aromatic heterocycles. The molecule has 3 aliphatic rings. The summed E-state index contributed by atoms with van der Waals surface area (Å²) < 4.78 is 49.8. The monoisotopic (exact) mass is 564 g/mol. The van der Waals surface area contributed by atoms with Crippen LogP contribution in [0, 0.1) is 19.3 Å². The number of hydrogen-bond acceptors (Lipinski definition) is 5. The average Bonchev–Trinajstić information content (AvgIpc) is 3.78. The van der Waals surface area contributed by atoms with Crippen molar-refractivity contribution in [1.29, 1.82) is 0 Å². The van der Waals surface area contributed by atoms with E-state index in [0.717, 1.165) is 34.8 Å². The summed E-state index contributed by atoms with van der Waals surface area (Å²) in [5, 5.41) is 0.724. The predicted molar refractivity (Wildman–Crippen MR) is 147 cm³/mol. The Balaban J connectivity index is 1.41. The van der Waals surface area contributed by atoms with Gasteiger partial charge in [0.1, 0.15) is 17.4 Å². The molecule has 0 N–H and O–H groups in total. The Kier molecular flexibility index (Phi) is 6.67. The first kappa shape index (κ1) is 27.1. The van der Waals surface area contributed by atoms with Gasteiger partial charge in [-0.25, -0.2) is 24.7 Å². The maximum atomic E-state index is 14.9. The number of anilines is 1. The zero-order valence-corrected chi connectivity index (χ0v) is 23.2. The molecule has 0 radical (unpaired) electrons. The fourth-order valence-corrected chi connectivity index (χ4v) is 5.92. The van der Waals surface area contributed by atoms with Gasteiger partial charge in [-0.2, -0.15) is 0 Å². The molecule has 6 rings (SSSR count). The fraction of sp³-hybridized carbons (Fsp3) is 0.467. The summed E-state index contributed by atoms with van der Waals surface area (Å²) in [6.07, 6.45) is -0.947. The lowest BCUT2D eigenvalue weighted by atomic mass is 10.0. The summed E-state index contributed by atoms with van der Waals surface area (Å²) >= 11 is 0. The van der Waals surface area contributed by atoms with Crippen LogP contribution in [0.4, 0.5) is 18.9 Å². The van der Waals surface area contributed by atoms with Crippen LogP contribution < -0.4 is 15.1 Å². The van der Waals surface area contributed by atoms with Crippen molar-refractivity contribution in [1.82, 2.24) is 14.5 Å². The normalized spacial score (nSPS) is 20.6. The standard InChI is InChI=1S/C30H31F3N6O2/c1-17(20-6-5-7-21(26(20)31)27(32)33)35-28-22-14-24-25(15-23(22)37(4)18(2)36-28)41-13-8-19-16-38(11-12-39(19)24)29(40)30(34-3)9-10-30/h5-7,14-15,17,19,27H,8-13,16H2,1-2,4H3/t17-,19+/m1/s1. The van der Waals surface area contributed by atoms with Gasteiger partial charge in [-0.05, 0) is 19.9 Å². The van der Waals surface area contributed by atoms with E-state index in [9.17, 15) is 18.0 Å². The average molecular weight is 565 g/mol.